The first-order chi connectivity index (χ1) is 12.0. The predicted octanol–water partition coefficient (Wildman–Crippen LogP) is 2.78. The van der Waals surface area contributed by atoms with Crippen LogP contribution in [0.1, 0.15) is 16.1 Å². The van der Waals surface area contributed by atoms with E-state index < -0.39 is 5.97 Å². The van der Waals surface area contributed by atoms with Crippen LogP contribution >= 0.6 is 0 Å². The number of aromatic nitrogens is 1. The Morgan fingerprint density at radius 1 is 1.12 bits per heavy atom. The molecule has 0 saturated heterocycles. The fraction of sp³-hybridized carbons (Fsp3) is 0.105. The standard InChI is InChI=1S/C19H17N3O3/c1-25-19(24)13-3-2-4-15(10-13)22-18(23)11-16-7-5-12-9-14(20)6-8-17(12)21-16/h2-10H,11,20H2,1H3,(H,22,23). The number of rotatable bonds is 4. The van der Waals surface area contributed by atoms with Gasteiger partial charge in [0.2, 0.25) is 5.91 Å². The molecule has 126 valence electrons. The number of nitrogens with zero attached hydrogens (tertiary/aromatic N) is 1. The number of nitrogens with one attached hydrogen (secondary N) is 1. The highest BCUT2D eigenvalue weighted by atomic mass is 16.5. The lowest BCUT2D eigenvalue weighted by Gasteiger charge is -2.07. The molecule has 1 aromatic heterocycles. The number of pyridine rings is 1. The second-order valence-corrected chi connectivity index (χ2v) is 5.55. The molecule has 0 aliphatic rings. The van der Waals surface area contributed by atoms with E-state index >= 15 is 0 Å². The lowest BCUT2D eigenvalue weighted by Crippen LogP contribution is -2.15. The van der Waals surface area contributed by atoms with Crippen molar-refractivity contribution in [2.24, 2.45) is 0 Å². The number of nitrogens with two attached hydrogens (primary N) is 1. The first-order valence-electron chi connectivity index (χ1n) is 7.68. The quantitative estimate of drug-likeness (QED) is 0.565. The van der Waals surface area contributed by atoms with Gasteiger partial charge in [0.15, 0.2) is 0 Å². The zero-order chi connectivity index (χ0) is 17.8. The molecule has 0 aliphatic heterocycles. The molecule has 6 nitrogen and oxygen atoms in total. The molecule has 0 aliphatic carbocycles. The van der Waals surface area contributed by atoms with Crippen LogP contribution in [0.3, 0.4) is 0 Å². The molecular formula is C19H17N3O3. The van der Waals surface area contributed by atoms with Crippen LogP contribution in [0.25, 0.3) is 10.9 Å². The summed E-state index contributed by atoms with van der Waals surface area (Å²) in [5.41, 5.74) is 8.76. The summed E-state index contributed by atoms with van der Waals surface area (Å²) in [5, 5.41) is 3.69. The van der Waals surface area contributed by atoms with Crippen LogP contribution in [0.2, 0.25) is 0 Å². The summed E-state index contributed by atoms with van der Waals surface area (Å²) in [6.45, 7) is 0. The number of benzene rings is 2. The molecular weight excluding hydrogens is 318 g/mol. The summed E-state index contributed by atoms with van der Waals surface area (Å²) in [6, 6.07) is 15.7. The Bertz CT molecular complexity index is 954. The van der Waals surface area contributed by atoms with E-state index in [4.69, 9.17) is 5.73 Å². The highest BCUT2D eigenvalue weighted by molar-refractivity contribution is 5.95. The number of ether oxygens (including phenoxy) is 1. The number of carbonyl (C=O) groups excluding carboxylic acids is 2. The molecule has 6 heteroatoms. The van der Waals surface area contributed by atoms with Crippen LogP contribution in [0.5, 0.6) is 0 Å². The average molecular weight is 335 g/mol. The molecule has 0 radical (unpaired) electrons. The van der Waals surface area contributed by atoms with Crippen molar-refractivity contribution in [1.29, 1.82) is 0 Å². The van der Waals surface area contributed by atoms with Gasteiger partial charge in [-0.15, -0.1) is 0 Å². The van der Waals surface area contributed by atoms with Crippen molar-refractivity contribution in [1.82, 2.24) is 4.98 Å². The van der Waals surface area contributed by atoms with Gasteiger partial charge >= 0.3 is 5.97 Å². The minimum Gasteiger partial charge on any atom is -0.465 e. The molecule has 25 heavy (non-hydrogen) atoms. The second-order valence-electron chi connectivity index (χ2n) is 5.55. The summed E-state index contributed by atoms with van der Waals surface area (Å²) < 4.78 is 4.67. The molecule has 1 heterocycles. The minimum atomic E-state index is -0.452. The number of carbonyl (C=O) groups is 2. The van der Waals surface area contributed by atoms with Crippen molar-refractivity contribution < 1.29 is 14.3 Å². The third-order valence-electron chi connectivity index (χ3n) is 3.68. The summed E-state index contributed by atoms with van der Waals surface area (Å²) in [4.78, 5) is 28.2. The molecule has 3 N–H and O–H groups in total. The van der Waals surface area contributed by atoms with E-state index in [1.54, 1.807) is 36.4 Å². The van der Waals surface area contributed by atoms with Gasteiger partial charge in [-0.2, -0.15) is 0 Å². The highest BCUT2D eigenvalue weighted by Crippen LogP contribution is 2.17. The van der Waals surface area contributed by atoms with E-state index in [1.165, 1.54) is 7.11 Å². The minimum absolute atomic E-state index is 0.128. The number of anilines is 2. The second kappa shape index (κ2) is 7.00. The number of methoxy groups -OCH3 is 1. The molecule has 0 unspecified atom stereocenters. The molecule has 0 saturated carbocycles. The van der Waals surface area contributed by atoms with Crippen molar-refractivity contribution in [3.05, 3.63) is 65.9 Å². The average Bonchev–Trinajstić information content (AvgIpc) is 2.61. The van der Waals surface area contributed by atoms with Crippen LogP contribution in [0.15, 0.2) is 54.6 Å². The molecule has 0 atom stereocenters. The molecule has 0 bridgehead atoms. The normalized spacial score (nSPS) is 10.4. The zero-order valence-electron chi connectivity index (χ0n) is 13.7. The fourth-order valence-electron chi connectivity index (χ4n) is 2.50. The van der Waals surface area contributed by atoms with Gasteiger partial charge in [-0.25, -0.2) is 4.79 Å². The van der Waals surface area contributed by atoms with Gasteiger partial charge < -0.3 is 15.8 Å². The van der Waals surface area contributed by atoms with Gasteiger partial charge in [0, 0.05) is 16.8 Å². The zero-order valence-corrected chi connectivity index (χ0v) is 13.7. The van der Waals surface area contributed by atoms with Gasteiger partial charge in [0.1, 0.15) is 0 Å². The number of amides is 1. The van der Waals surface area contributed by atoms with E-state index in [-0.39, 0.29) is 12.3 Å². The van der Waals surface area contributed by atoms with Crippen LogP contribution in [-0.4, -0.2) is 24.0 Å². The number of hydrogen-bond donors (Lipinski definition) is 2. The van der Waals surface area contributed by atoms with Crippen molar-refractivity contribution in [3.8, 4) is 0 Å². The van der Waals surface area contributed by atoms with E-state index in [0.29, 0.717) is 22.6 Å². The number of nitrogen functional groups attached to an aromatic ring is 1. The number of fused-ring (bicyclic) bond motifs is 1. The van der Waals surface area contributed by atoms with Gasteiger partial charge in [0.25, 0.3) is 0 Å². The summed E-state index contributed by atoms with van der Waals surface area (Å²) in [6.07, 6.45) is 0.128. The first-order valence-corrected chi connectivity index (χ1v) is 7.68. The van der Waals surface area contributed by atoms with Gasteiger partial charge in [0.05, 0.1) is 30.3 Å². The SMILES string of the molecule is COC(=O)c1cccc(NC(=O)Cc2ccc3cc(N)ccc3n2)c1. The Hall–Kier alpha value is -3.41. The topological polar surface area (TPSA) is 94.3 Å². The van der Waals surface area contributed by atoms with Crippen molar-refractivity contribution in [2.75, 3.05) is 18.2 Å². The maximum Gasteiger partial charge on any atom is 0.337 e. The molecule has 0 spiro atoms. The molecule has 1 amide bonds. The monoisotopic (exact) mass is 335 g/mol. The Balaban J connectivity index is 1.72. The Kier molecular flexibility index (Phi) is 4.61. The number of esters is 1. The van der Waals surface area contributed by atoms with Gasteiger partial charge in [-0.1, -0.05) is 12.1 Å². The Morgan fingerprint density at radius 2 is 1.96 bits per heavy atom. The van der Waals surface area contributed by atoms with Crippen LogP contribution in [-0.2, 0) is 16.0 Å². The number of hydrogen-bond acceptors (Lipinski definition) is 5. The summed E-state index contributed by atoms with van der Waals surface area (Å²) in [5.74, 6) is -0.670. The van der Waals surface area contributed by atoms with Crippen LogP contribution < -0.4 is 11.1 Å². The summed E-state index contributed by atoms with van der Waals surface area (Å²) in [7, 11) is 1.31. The Morgan fingerprint density at radius 3 is 2.76 bits per heavy atom. The maximum atomic E-state index is 12.2. The highest BCUT2D eigenvalue weighted by Gasteiger charge is 2.09. The van der Waals surface area contributed by atoms with E-state index in [2.05, 4.69) is 15.0 Å². The van der Waals surface area contributed by atoms with Gasteiger partial charge in [-0.05, 0) is 42.5 Å². The van der Waals surface area contributed by atoms with E-state index in [9.17, 15) is 9.59 Å². The van der Waals surface area contributed by atoms with Crippen molar-refractivity contribution in [2.45, 2.75) is 6.42 Å². The van der Waals surface area contributed by atoms with E-state index in [1.807, 2.05) is 18.2 Å². The first kappa shape index (κ1) is 16.4. The fourth-order valence-corrected chi connectivity index (χ4v) is 2.50. The lowest BCUT2D eigenvalue weighted by atomic mass is 10.1. The third-order valence-corrected chi connectivity index (χ3v) is 3.68. The largest absolute Gasteiger partial charge is 0.465 e. The Labute approximate surface area is 144 Å². The van der Waals surface area contributed by atoms with Crippen LogP contribution in [0.4, 0.5) is 11.4 Å². The van der Waals surface area contributed by atoms with Crippen LogP contribution in [0, 0.1) is 0 Å². The summed E-state index contributed by atoms with van der Waals surface area (Å²) >= 11 is 0. The smallest absolute Gasteiger partial charge is 0.337 e. The molecule has 3 aromatic rings. The lowest BCUT2D eigenvalue weighted by molar-refractivity contribution is -0.115. The maximum absolute atomic E-state index is 12.2. The van der Waals surface area contributed by atoms with Crippen molar-refractivity contribution in [3.63, 3.8) is 0 Å². The van der Waals surface area contributed by atoms with Gasteiger partial charge in [-0.3, -0.25) is 9.78 Å². The molecule has 3 rings (SSSR count). The predicted molar refractivity (Wildman–Crippen MR) is 96.3 cm³/mol. The molecule has 2 aromatic carbocycles. The molecule has 0 fully saturated rings. The van der Waals surface area contributed by atoms with E-state index in [0.717, 1.165) is 10.9 Å². The third kappa shape index (κ3) is 3.92. The van der Waals surface area contributed by atoms with Crippen molar-refractivity contribution >= 4 is 34.2 Å².